The van der Waals surface area contributed by atoms with E-state index in [9.17, 15) is 9.59 Å². The van der Waals surface area contributed by atoms with Crippen LogP contribution >= 0.6 is 0 Å². The van der Waals surface area contributed by atoms with E-state index in [0.29, 0.717) is 17.3 Å². The fraction of sp³-hybridized carbons (Fsp3) is 0.190. The van der Waals surface area contributed by atoms with E-state index >= 15 is 0 Å². The highest BCUT2D eigenvalue weighted by molar-refractivity contribution is 5.93. The van der Waals surface area contributed by atoms with E-state index < -0.39 is 5.91 Å². The number of methoxy groups -OCH3 is 2. The zero-order chi connectivity index (χ0) is 20.8. The van der Waals surface area contributed by atoms with Crippen molar-refractivity contribution in [2.75, 3.05) is 14.2 Å². The molecule has 150 valence electrons. The maximum absolute atomic E-state index is 12.1. The summed E-state index contributed by atoms with van der Waals surface area (Å²) in [6.45, 7) is 0. The van der Waals surface area contributed by atoms with Crippen molar-refractivity contribution in [2.24, 2.45) is 7.05 Å². The molecule has 0 radical (unpaired) electrons. The third-order valence-electron chi connectivity index (χ3n) is 4.36. The van der Waals surface area contributed by atoms with Gasteiger partial charge in [-0.3, -0.25) is 20.4 Å². The normalized spacial score (nSPS) is 10.9. The lowest BCUT2D eigenvalue weighted by molar-refractivity contribution is -0.126. The molecular weight excluding hydrogens is 372 g/mol. The second kappa shape index (κ2) is 8.92. The molecule has 3 aromatic rings. The van der Waals surface area contributed by atoms with E-state index in [1.165, 1.54) is 13.2 Å². The standard InChI is InChI=1S/C21H22N4O4/c1-25-16-7-5-4-6-15(16)22-19(25)13-21(27)24-23-20(26)11-9-14-8-10-17(28-2)18(12-14)29-3/h4-12H,13H2,1-3H3,(H,23,26)(H,24,27)/b11-9+. The fourth-order valence-electron chi connectivity index (χ4n) is 2.84. The summed E-state index contributed by atoms with van der Waals surface area (Å²) in [6.07, 6.45) is 2.97. The summed E-state index contributed by atoms with van der Waals surface area (Å²) in [6, 6.07) is 12.9. The van der Waals surface area contributed by atoms with Crippen LogP contribution in [0.2, 0.25) is 0 Å². The van der Waals surface area contributed by atoms with E-state index in [2.05, 4.69) is 15.8 Å². The van der Waals surface area contributed by atoms with Crippen LogP contribution in [0.3, 0.4) is 0 Å². The Labute approximate surface area is 168 Å². The van der Waals surface area contributed by atoms with E-state index in [4.69, 9.17) is 9.47 Å². The number of amides is 2. The molecule has 0 saturated heterocycles. The number of nitrogens with zero attached hydrogens (tertiary/aromatic N) is 2. The molecule has 29 heavy (non-hydrogen) atoms. The van der Waals surface area contributed by atoms with Crippen LogP contribution in [-0.2, 0) is 23.1 Å². The first-order chi connectivity index (χ1) is 14.0. The van der Waals surface area contributed by atoms with Crippen molar-refractivity contribution in [1.29, 1.82) is 0 Å². The molecule has 2 amide bonds. The summed E-state index contributed by atoms with van der Waals surface area (Å²) >= 11 is 0. The van der Waals surface area contributed by atoms with Gasteiger partial charge in [-0.2, -0.15) is 0 Å². The molecule has 0 bridgehead atoms. The molecule has 1 aromatic heterocycles. The Morgan fingerprint density at radius 3 is 2.55 bits per heavy atom. The second-order valence-corrected chi connectivity index (χ2v) is 6.24. The van der Waals surface area contributed by atoms with Gasteiger partial charge in [-0.05, 0) is 35.9 Å². The number of aromatic nitrogens is 2. The van der Waals surface area contributed by atoms with E-state index in [1.54, 1.807) is 31.4 Å². The highest BCUT2D eigenvalue weighted by Crippen LogP contribution is 2.27. The molecular formula is C21H22N4O4. The first-order valence-corrected chi connectivity index (χ1v) is 8.91. The van der Waals surface area contributed by atoms with Crippen molar-refractivity contribution in [3.8, 4) is 11.5 Å². The molecule has 0 spiro atoms. The first kappa shape index (κ1) is 19.9. The Hall–Kier alpha value is -3.81. The molecule has 0 aliphatic heterocycles. The van der Waals surface area contributed by atoms with E-state index in [-0.39, 0.29) is 12.3 Å². The lowest BCUT2D eigenvalue weighted by atomic mass is 10.2. The van der Waals surface area contributed by atoms with Crippen molar-refractivity contribution in [1.82, 2.24) is 20.4 Å². The molecule has 0 fully saturated rings. The van der Waals surface area contributed by atoms with Crippen LogP contribution in [0.5, 0.6) is 11.5 Å². The number of nitrogens with one attached hydrogen (secondary N) is 2. The van der Waals surface area contributed by atoms with Crippen molar-refractivity contribution in [3.63, 3.8) is 0 Å². The van der Waals surface area contributed by atoms with Gasteiger partial charge in [-0.15, -0.1) is 0 Å². The number of carbonyl (C=O) groups is 2. The summed E-state index contributed by atoms with van der Waals surface area (Å²) in [7, 11) is 4.94. The summed E-state index contributed by atoms with van der Waals surface area (Å²) in [5.74, 6) is 0.947. The number of ether oxygens (including phenoxy) is 2. The lowest BCUT2D eigenvalue weighted by Gasteiger charge is -2.08. The third kappa shape index (κ3) is 4.73. The number of aryl methyl sites for hydroxylation is 1. The van der Waals surface area contributed by atoms with Crippen molar-refractivity contribution < 1.29 is 19.1 Å². The molecule has 8 heteroatoms. The number of hydrogen-bond donors (Lipinski definition) is 2. The third-order valence-corrected chi connectivity index (χ3v) is 4.36. The largest absolute Gasteiger partial charge is 0.493 e. The molecule has 0 atom stereocenters. The average Bonchev–Trinajstić information content (AvgIpc) is 3.05. The summed E-state index contributed by atoms with van der Waals surface area (Å²) < 4.78 is 12.3. The number of carbonyl (C=O) groups excluding carboxylic acids is 2. The van der Waals surface area contributed by atoms with Gasteiger partial charge in [0.25, 0.3) is 5.91 Å². The van der Waals surface area contributed by atoms with Crippen molar-refractivity contribution in [3.05, 3.63) is 59.9 Å². The van der Waals surface area contributed by atoms with Crippen LogP contribution in [0.15, 0.2) is 48.5 Å². The van der Waals surface area contributed by atoms with Crippen LogP contribution < -0.4 is 20.3 Å². The number of fused-ring (bicyclic) bond motifs is 1. The second-order valence-electron chi connectivity index (χ2n) is 6.24. The summed E-state index contributed by atoms with van der Waals surface area (Å²) in [4.78, 5) is 28.5. The quantitative estimate of drug-likeness (QED) is 0.493. The molecule has 2 N–H and O–H groups in total. The number of imidazole rings is 1. The van der Waals surface area contributed by atoms with Crippen LogP contribution in [0.1, 0.15) is 11.4 Å². The van der Waals surface area contributed by atoms with E-state index in [1.807, 2.05) is 35.9 Å². The van der Waals surface area contributed by atoms with Gasteiger partial charge >= 0.3 is 0 Å². The van der Waals surface area contributed by atoms with Gasteiger partial charge in [0.1, 0.15) is 5.82 Å². The minimum absolute atomic E-state index is 0.0465. The number of hydrazine groups is 1. The fourth-order valence-corrected chi connectivity index (χ4v) is 2.84. The van der Waals surface area contributed by atoms with Crippen LogP contribution in [0.4, 0.5) is 0 Å². The van der Waals surface area contributed by atoms with Crippen LogP contribution in [-0.4, -0.2) is 35.6 Å². The number of para-hydroxylation sites is 2. The minimum atomic E-state index is -0.460. The molecule has 3 rings (SSSR count). The monoisotopic (exact) mass is 394 g/mol. The minimum Gasteiger partial charge on any atom is -0.493 e. The van der Waals surface area contributed by atoms with Gasteiger partial charge < -0.3 is 14.0 Å². The number of hydrogen-bond acceptors (Lipinski definition) is 5. The van der Waals surface area contributed by atoms with Gasteiger partial charge in [0.15, 0.2) is 11.5 Å². The Balaban J connectivity index is 1.55. The molecule has 8 nitrogen and oxygen atoms in total. The number of rotatable bonds is 6. The summed E-state index contributed by atoms with van der Waals surface area (Å²) in [5.41, 5.74) is 7.27. The van der Waals surface area contributed by atoms with E-state index in [0.717, 1.165) is 16.6 Å². The average molecular weight is 394 g/mol. The highest BCUT2D eigenvalue weighted by Gasteiger charge is 2.12. The van der Waals surface area contributed by atoms with Crippen molar-refractivity contribution in [2.45, 2.75) is 6.42 Å². The van der Waals surface area contributed by atoms with Crippen LogP contribution in [0.25, 0.3) is 17.1 Å². The van der Waals surface area contributed by atoms with Crippen LogP contribution in [0, 0.1) is 0 Å². The molecule has 1 heterocycles. The SMILES string of the molecule is COc1ccc(/C=C/C(=O)NNC(=O)Cc2nc3ccccc3n2C)cc1OC. The lowest BCUT2D eigenvalue weighted by Crippen LogP contribution is -2.41. The molecule has 0 saturated carbocycles. The van der Waals surface area contributed by atoms with Gasteiger partial charge in [0.2, 0.25) is 5.91 Å². The predicted molar refractivity (Wildman–Crippen MR) is 109 cm³/mol. The molecule has 0 aliphatic rings. The van der Waals surface area contributed by atoms with Gasteiger partial charge in [0.05, 0.1) is 31.7 Å². The first-order valence-electron chi connectivity index (χ1n) is 8.91. The Bertz CT molecular complexity index is 1070. The molecule has 2 aromatic carbocycles. The topological polar surface area (TPSA) is 94.5 Å². The summed E-state index contributed by atoms with van der Waals surface area (Å²) in [5, 5.41) is 0. The zero-order valence-corrected chi connectivity index (χ0v) is 16.4. The molecule has 0 aliphatic carbocycles. The molecule has 0 unspecified atom stereocenters. The maximum Gasteiger partial charge on any atom is 0.262 e. The maximum atomic E-state index is 12.1. The van der Waals surface area contributed by atoms with Gasteiger partial charge in [-0.25, -0.2) is 4.98 Å². The van der Waals surface area contributed by atoms with Gasteiger partial charge in [0, 0.05) is 13.1 Å². The Kier molecular flexibility index (Phi) is 6.13. The van der Waals surface area contributed by atoms with Crippen molar-refractivity contribution >= 4 is 28.9 Å². The predicted octanol–water partition coefficient (Wildman–Crippen LogP) is 1.99. The zero-order valence-electron chi connectivity index (χ0n) is 16.4. The number of benzene rings is 2. The Morgan fingerprint density at radius 2 is 1.83 bits per heavy atom. The smallest absolute Gasteiger partial charge is 0.262 e. The Morgan fingerprint density at radius 1 is 1.07 bits per heavy atom. The highest BCUT2D eigenvalue weighted by atomic mass is 16.5. The van der Waals surface area contributed by atoms with Gasteiger partial charge in [-0.1, -0.05) is 18.2 Å².